The van der Waals surface area contributed by atoms with Crippen LogP contribution < -0.4 is 14.5 Å². The van der Waals surface area contributed by atoms with E-state index in [-0.39, 0.29) is 11.8 Å². The van der Waals surface area contributed by atoms with Crippen LogP contribution in [0.3, 0.4) is 0 Å². The minimum absolute atomic E-state index is 0.0675. The SMILES string of the molecule is C=CC(=O)N1CCN(c2nc(OC)nc3c2N(C)C(=O)C2(CCCc4ccccc42)C3)CC1. The van der Waals surface area contributed by atoms with Gasteiger partial charge in [0.25, 0.3) is 0 Å². The van der Waals surface area contributed by atoms with Gasteiger partial charge in [0.05, 0.1) is 18.2 Å². The van der Waals surface area contributed by atoms with E-state index in [4.69, 9.17) is 9.72 Å². The average Bonchev–Trinajstić information content (AvgIpc) is 2.86. The van der Waals surface area contributed by atoms with Gasteiger partial charge in [-0.1, -0.05) is 30.8 Å². The molecule has 3 aliphatic rings. The Morgan fingerprint density at radius 1 is 1.18 bits per heavy atom. The Morgan fingerprint density at radius 3 is 2.67 bits per heavy atom. The molecule has 2 aliphatic heterocycles. The summed E-state index contributed by atoms with van der Waals surface area (Å²) >= 11 is 0. The largest absolute Gasteiger partial charge is 0.467 e. The lowest BCUT2D eigenvalue weighted by molar-refractivity contribution is -0.126. The van der Waals surface area contributed by atoms with Crippen LogP contribution in [-0.4, -0.2) is 67.0 Å². The topological polar surface area (TPSA) is 78.9 Å². The maximum atomic E-state index is 14.0. The molecule has 1 fully saturated rings. The van der Waals surface area contributed by atoms with Crippen molar-refractivity contribution in [1.82, 2.24) is 14.9 Å². The molecule has 1 unspecified atom stereocenters. The normalized spacial score (nSPS) is 22.1. The molecule has 8 nitrogen and oxygen atoms in total. The number of amides is 2. The number of carbonyl (C=O) groups excluding carboxylic acids is 2. The van der Waals surface area contributed by atoms with Gasteiger partial charge in [0, 0.05) is 39.6 Å². The van der Waals surface area contributed by atoms with Crippen LogP contribution in [-0.2, 0) is 27.8 Å². The first-order valence-electron chi connectivity index (χ1n) is 11.5. The number of hydrogen-bond acceptors (Lipinski definition) is 6. The van der Waals surface area contributed by atoms with Crippen molar-refractivity contribution >= 4 is 23.3 Å². The van der Waals surface area contributed by atoms with E-state index in [0.29, 0.717) is 44.4 Å². The number of anilines is 2. The van der Waals surface area contributed by atoms with Gasteiger partial charge >= 0.3 is 6.01 Å². The van der Waals surface area contributed by atoms with Crippen LogP contribution in [0, 0.1) is 0 Å². The van der Waals surface area contributed by atoms with Gasteiger partial charge in [-0.05, 0) is 36.5 Å². The summed E-state index contributed by atoms with van der Waals surface area (Å²) in [7, 11) is 3.39. The van der Waals surface area contributed by atoms with E-state index in [0.717, 1.165) is 36.2 Å². The number of rotatable bonds is 3. The monoisotopic (exact) mass is 447 g/mol. The quantitative estimate of drug-likeness (QED) is 0.671. The summed E-state index contributed by atoms with van der Waals surface area (Å²) in [6, 6.07) is 8.60. The molecule has 3 heterocycles. The second-order valence-electron chi connectivity index (χ2n) is 8.98. The molecule has 33 heavy (non-hydrogen) atoms. The Hall–Kier alpha value is -3.42. The third-order valence-electron chi connectivity index (χ3n) is 7.27. The van der Waals surface area contributed by atoms with E-state index in [1.165, 1.54) is 11.6 Å². The Morgan fingerprint density at radius 2 is 1.94 bits per heavy atom. The fourth-order valence-corrected chi connectivity index (χ4v) is 5.62. The van der Waals surface area contributed by atoms with Crippen LogP contribution in [0.4, 0.5) is 11.5 Å². The van der Waals surface area contributed by atoms with Gasteiger partial charge in [0.15, 0.2) is 5.82 Å². The molecule has 1 aromatic heterocycles. The highest BCUT2D eigenvalue weighted by Gasteiger charge is 2.50. The molecule has 0 bridgehead atoms. The molecule has 1 atom stereocenters. The molecule has 0 saturated carbocycles. The number of aryl methyl sites for hydroxylation is 1. The van der Waals surface area contributed by atoms with E-state index in [1.807, 2.05) is 19.2 Å². The zero-order chi connectivity index (χ0) is 23.2. The molecule has 172 valence electrons. The number of benzene rings is 1. The summed E-state index contributed by atoms with van der Waals surface area (Å²) in [6.07, 6.45) is 4.65. The van der Waals surface area contributed by atoms with Crippen LogP contribution >= 0.6 is 0 Å². The number of ether oxygens (including phenoxy) is 1. The smallest absolute Gasteiger partial charge is 0.318 e. The lowest BCUT2D eigenvalue weighted by atomic mass is 9.65. The standard InChI is InChI=1S/C25H29N5O3/c1-4-20(31)29-12-14-30(15-13-29)22-21-19(26-24(27-22)33-3)16-25(23(32)28(21)2)11-7-9-17-8-5-6-10-18(17)25/h4-6,8,10H,1,7,9,11-16H2,2-3H3. The molecule has 1 saturated heterocycles. The van der Waals surface area contributed by atoms with Crippen LogP contribution in [0.2, 0.25) is 0 Å². The lowest BCUT2D eigenvalue weighted by Gasteiger charge is -2.45. The van der Waals surface area contributed by atoms with Crippen LogP contribution in [0.1, 0.15) is 29.7 Å². The first-order chi connectivity index (χ1) is 16.0. The number of hydrogen-bond donors (Lipinski definition) is 0. The summed E-state index contributed by atoms with van der Waals surface area (Å²) in [5, 5.41) is 0. The Balaban J connectivity index is 1.56. The second-order valence-corrected chi connectivity index (χ2v) is 8.98. The Labute approximate surface area is 193 Å². The van der Waals surface area contributed by atoms with Gasteiger partial charge in [-0.2, -0.15) is 9.97 Å². The van der Waals surface area contributed by atoms with E-state index in [2.05, 4.69) is 28.6 Å². The number of methoxy groups -OCH3 is 1. The van der Waals surface area contributed by atoms with Crippen molar-refractivity contribution in [2.75, 3.05) is 50.1 Å². The predicted octanol–water partition coefficient (Wildman–Crippen LogP) is 2.11. The molecule has 5 rings (SSSR count). The third kappa shape index (κ3) is 3.35. The fourth-order valence-electron chi connectivity index (χ4n) is 5.62. The van der Waals surface area contributed by atoms with Crippen molar-refractivity contribution in [3.63, 3.8) is 0 Å². The highest BCUT2D eigenvalue weighted by molar-refractivity contribution is 6.06. The zero-order valence-corrected chi connectivity index (χ0v) is 19.2. The average molecular weight is 448 g/mol. The first kappa shape index (κ1) is 21.4. The minimum atomic E-state index is -0.609. The number of fused-ring (bicyclic) bond motifs is 3. The number of piperazine rings is 1. The van der Waals surface area contributed by atoms with Crippen LogP contribution in [0.5, 0.6) is 6.01 Å². The van der Waals surface area contributed by atoms with Crippen molar-refractivity contribution in [3.8, 4) is 6.01 Å². The minimum Gasteiger partial charge on any atom is -0.467 e. The zero-order valence-electron chi connectivity index (χ0n) is 19.2. The van der Waals surface area contributed by atoms with E-state index in [1.54, 1.807) is 16.9 Å². The molecule has 8 heteroatoms. The van der Waals surface area contributed by atoms with E-state index in [9.17, 15) is 9.59 Å². The van der Waals surface area contributed by atoms with E-state index >= 15 is 0 Å². The first-order valence-corrected chi connectivity index (χ1v) is 11.5. The molecule has 1 spiro atoms. The lowest BCUT2D eigenvalue weighted by Crippen LogP contribution is -2.54. The van der Waals surface area contributed by atoms with Crippen molar-refractivity contribution < 1.29 is 14.3 Å². The van der Waals surface area contributed by atoms with Crippen LogP contribution in [0.25, 0.3) is 0 Å². The Bertz CT molecular complexity index is 1130. The van der Waals surface area contributed by atoms with Gasteiger partial charge in [0.1, 0.15) is 5.69 Å². The summed E-state index contributed by atoms with van der Waals surface area (Å²) in [6.45, 7) is 5.95. The van der Waals surface area contributed by atoms with Crippen LogP contribution in [0.15, 0.2) is 36.9 Å². The second kappa shape index (κ2) is 8.17. The fraction of sp³-hybridized carbons (Fsp3) is 0.440. The number of likely N-dealkylation sites (N-methyl/N-ethyl adjacent to an activating group) is 1. The number of nitrogens with zero attached hydrogens (tertiary/aromatic N) is 5. The van der Waals surface area contributed by atoms with Crippen molar-refractivity contribution in [1.29, 1.82) is 0 Å². The molecular weight excluding hydrogens is 418 g/mol. The Kier molecular flexibility index (Phi) is 5.31. The van der Waals surface area contributed by atoms with Gasteiger partial charge in [-0.3, -0.25) is 9.59 Å². The molecule has 2 aromatic rings. The molecule has 1 aliphatic carbocycles. The summed E-state index contributed by atoms with van der Waals surface area (Å²) < 4.78 is 5.47. The molecule has 1 aromatic carbocycles. The highest BCUT2D eigenvalue weighted by Crippen LogP contribution is 2.48. The van der Waals surface area contributed by atoms with Crippen molar-refractivity contribution in [3.05, 3.63) is 53.7 Å². The predicted molar refractivity (Wildman–Crippen MR) is 126 cm³/mol. The summed E-state index contributed by atoms with van der Waals surface area (Å²) in [5.74, 6) is 0.720. The maximum absolute atomic E-state index is 14.0. The van der Waals surface area contributed by atoms with Gasteiger partial charge in [0.2, 0.25) is 11.8 Å². The number of aromatic nitrogens is 2. The maximum Gasteiger partial charge on any atom is 0.318 e. The molecule has 0 N–H and O–H groups in total. The summed E-state index contributed by atoms with van der Waals surface area (Å²) in [5.41, 5.74) is 3.34. The van der Waals surface area contributed by atoms with Gasteiger partial charge < -0.3 is 19.4 Å². The van der Waals surface area contributed by atoms with E-state index < -0.39 is 5.41 Å². The summed E-state index contributed by atoms with van der Waals surface area (Å²) in [4.78, 5) is 41.0. The van der Waals surface area contributed by atoms with Crippen molar-refractivity contribution in [2.45, 2.75) is 31.1 Å². The van der Waals surface area contributed by atoms with Gasteiger partial charge in [-0.15, -0.1) is 0 Å². The molecule has 0 radical (unpaired) electrons. The van der Waals surface area contributed by atoms with Gasteiger partial charge in [-0.25, -0.2) is 0 Å². The highest BCUT2D eigenvalue weighted by atomic mass is 16.5. The molecule has 2 amide bonds. The number of carbonyl (C=O) groups is 2. The van der Waals surface area contributed by atoms with Crippen molar-refractivity contribution in [2.24, 2.45) is 0 Å². The molecular formula is C25H29N5O3. The third-order valence-corrected chi connectivity index (χ3v) is 7.27.